The zero-order valence-electron chi connectivity index (χ0n) is 23.4. The maximum atomic E-state index is 14.2. The Balaban J connectivity index is 1.58. The molecule has 1 aromatic heterocycles. The smallest absolute Gasteiger partial charge is 0.255 e. The van der Waals surface area contributed by atoms with Crippen LogP contribution in [-0.2, 0) is 5.54 Å². The summed E-state index contributed by atoms with van der Waals surface area (Å²) in [6.07, 6.45) is 3.34. The monoisotopic (exact) mass is 534 g/mol. The molecule has 0 aliphatic carbocycles. The lowest BCUT2D eigenvalue weighted by atomic mass is 9.73. The second-order valence-corrected chi connectivity index (χ2v) is 10.3. The minimum absolute atomic E-state index is 0.00979. The summed E-state index contributed by atoms with van der Waals surface area (Å²) in [7, 11) is 0. The van der Waals surface area contributed by atoms with Gasteiger partial charge in [0.15, 0.2) is 0 Å². The Labute approximate surface area is 234 Å². The molecule has 0 saturated carbocycles. The Morgan fingerprint density at radius 2 is 1.52 bits per heavy atom. The molecule has 0 fully saturated rings. The van der Waals surface area contributed by atoms with Gasteiger partial charge < -0.3 is 24.7 Å². The first kappa shape index (κ1) is 25.7. The lowest BCUT2D eigenvalue weighted by Crippen LogP contribution is -2.48. The molecule has 0 radical (unpaired) electrons. The fourth-order valence-corrected chi connectivity index (χ4v) is 6.09. The fraction of sp³-hybridized carbons (Fsp3) is 0.273. The van der Waals surface area contributed by atoms with Gasteiger partial charge in [0.05, 0.1) is 19.0 Å². The van der Waals surface area contributed by atoms with E-state index in [1.54, 1.807) is 12.5 Å². The minimum Gasteiger partial charge on any atom is -0.463 e. The summed E-state index contributed by atoms with van der Waals surface area (Å²) in [4.78, 5) is 20.8. The lowest BCUT2D eigenvalue weighted by Gasteiger charge is -2.44. The van der Waals surface area contributed by atoms with E-state index in [0.29, 0.717) is 24.4 Å². The van der Waals surface area contributed by atoms with Crippen molar-refractivity contribution in [2.75, 3.05) is 36.8 Å². The number of amides is 1. The normalized spacial score (nSPS) is 14.7. The lowest BCUT2D eigenvalue weighted by molar-refractivity contribution is 0.0673. The van der Waals surface area contributed by atoms with Crippen molar-refractivity contribution in [1.82, 2.24) is 4.90 Å². The summed E-state index contributed by atoms with van der Waals surface area (Å²) in [6.45, 7) is 10.8. The standard InChI is InChI=1S/C33H34N4O3/c1-5-35-28-18-30-26(16-21(28)3)33(27-17-22(4)29(36-6-2)19-31(27)40-30)25-12-8-7-11-24(25)32(38)37(33)14-13-34-20-23-10-9-15-39-23/h7-12,15-20,35-36H,5-6,13-14H2,1-4H3. The summed E-state index contributed by atoms with van der Waals surface area (Å²) in [5, 5.41) is 6.93. The number of fused-ring (bicyclic) bond motifs is 6. The largest absolute Gasteiger partial charge is 0.463 e. The van der Waals surface area contributed by atoms with Gasteiger partial charge in [0.1, 0.15) is 22.8 Å². The van der Waals surface area contributed by atoms with E-state index in [1.807, 2.05) is 35.2 Å². The van der Waals surface area contributed by atoms with Gasteiger partial charge in [-0.3, -0.25) is 9.79 Å². The molecule has 0 unspecified atom stereocenters. The number of benzene rings is 3. The van der Waals surface area contributed by atoms with Gasteiger partial charge in [-0.1, -0.05) is 18.2 Å². The van der Waals surface area contributed by atoms with E-state index in [9.17, 15) is 4.79 Å². The number of aryl methyl sites for hydroxylation is 2. The van der Waals surface area contributed by atoms with Crippen molar-refractivity contribution in [3.05, 3.63) is 106 Å². The second kappa shape index (κ2) is 10.2. The molecule has 1 amide bonds. The third kappa shape index (κ3) is 3.96. The van der Waals surface area contributed by atoms with E-state index in [1.165, 1.54) is 0 Å². The van der Waals surface area contributed by atoms with Crippen molar-refractivity contribution in [3.63, 3.8) is 0 Å². The highest BCUT2D eigenvalue weighted by Gasteiger charge is 2.56. The van der Waals surface area contributed by atoms with Crippen molar-refractivity contribution in [2.45, 2.75) is 33.2 Å². The number of rotatable bonds is 8. The van der Waals surface area contributed by atoms with Crippen molar-refractivity contribution < 1.29 is 13.9 Å². The molecule has 2 aliphatic rings. The molecule has 2 N–H and O–H groups in total. The van der Waals surface area contributed by atoms with Crippen LogP contribution in [0.3, 0.4) is 0 Å². The van der Waals surface area contributed by atoms with Gasteiger partial charge in [-0.2, -0.15) is 0 Å². The highest BCUT2D eigenvalue weighted by atomic mass is 16.5. The number of hydrogen-bond acceptors (Lipinski definition) is 6. The molecule has 7 nitrogen and oxygen atoms in total. The molecular formula is C33H34N4O3. The number of nitrogens with zero attached hydrogens (tertiary/aromatic N) is 2. The number of carbonyl (C=O) groups is 1. The van der Waals surface area contributed by atoms with Crippen LogP contribution in [0.2, 0.25) is 0 Å². The number of hydrogen-bond donors (Lipinski definition) is 2. The second-order valence-electron chi connectivity index (χ2n) is 10.3. The molecule has 3 aromatic carbocycles. The van der Waals surface area contributed by atoms with Crippen LogP contribution in [0.15, 0.2) is 76.3 Å². The number of ether oxygens (including phenoxy) is 1. The predicted octanol–water partition coefficient (Wildman–Crippen LogP) is 6.73. The average molecular weight is 535 g/mol. The van der Waals surface area contributed by atoms with Crippen LogP contribution in [-0.4, -0.2) is 43.2 Å². The first-order valence-corrected chi connectivity index (χ1v) is 13.9. The molecule has 2 aliphatic heterocycles. The molecule has 7 heteroatoms. The Bertz CT molecular complexity index is 1540. The third-order valence-electron chi connectivity index (χ3n) is 7.80. The molecule has 3 heterocycles. The number of carbonyl (C=O) groups excluding carboxylic acids is 1. The zero-order valence-corrected chi connectivity index (χ0v) is 23.4. The quantitative estimate of drug-likeness (QED) is 0.245. The topological polar surface area (TPSA) is 79.1 Å². The van der Waals surface area contributed by atoms with Crippen molar-refractivity contribution >= 4 is 23.5 Å². The molecular weight excluding hydrogens is 500 g/mol. The fourth-order valence-electron chi connectivity index (χ4n) is 6.09. The highest BCUT2D eigenvalue weighted by molar-refractivity contribution is 6.02. The molecule has 0 atom stereocenters. The third-order valence-corrected chi connectivity index (χ3v) is 7.80. The minimum atomic E-state index is -0.859. The van der Waals surface area contributed by atoms with Crippen molar-refractivity contribution in [1.29, 1.82) is 0 Å². The summed E-state index contributed by atoms with van der Waals surface area (Å²) in [5.74, 6) is 2.16. The summed E-state index contributed by atoms with van der Waals surface area (Å²) >= 11 is 0. The maximum Gasteiger partial charge on any atom is 0.255 e. The Morgan fingerprint density at radius 3 is 2.12 bits per heavy atom. The average Bonchev–Trinajstić information content (AvgIpc) is 3.55. The zero-order chi connectivity index (χ0) is 27.9. The molecule has 0 bridgehead atoms. The summed E-state index contributed by atoms with van der Waals surface area (Å²) in [6, 6.07) is 20.2. The summed E-state index contributed by atoms with van der Waals surface area (Å²) < 4.78 is 12.1. The SMILES string of the molecule is CCNc1cc2c(cc1C)C1(c3cc(C)c(NCC)cc3O2)c2ccccc2C(=O)N1CCN=Cc1ccco1. The van der Waals surface area contributed by atoms with Crippen LogP contribution >= 0.6 is 0 Å². The van der Waals surface area contributed by atoms with Gasteiger partial charge in [0.25, 0.3) is 5.91 Å². The first-order valence-electron chi connectivity index (χ1n) is 13.9. The van der Waals surface area contributed by atoms with Gasteiger partial charge in [-0.15, -0.1) is 0 Å². The van der Waals surface area contributed by atoms with Crippen LogP contribution in [0, 0.1) is 13.8 Å². The van der Waals surface area contributed by atoms with Crippen LogP contribution in [0.1, 0.15) is 57.8 Å². The van der Waals surface area contributed by atoms with Crippen LogP contribution in [0.5, 0.6) is 11.5 Å². The number of anilines is 2. The molecule has 40 heavy (non-hydrogen) atoms. The van der Waals surface area contributed by atoms with Crippen molar-refractivity contribution in [3.8, 4) is 11.5 Å². The molecule has 6 rings (SSSR count). The van der Waals surface area contributed by atoms with Gasteiger partial charge in [0.2, 0.25) is 0 Å². The van der Waals surface area contributed by atoms with E-state index >= 15 is 0 Å². The summed E-state index contributed by atoms with van der Waals surface area (Å²) in [5.41, 5.74) is 6.97. The van der Waals surface area contributed by atoms with Gasteiger partial charge in [-0.05, 0) is 74.7 Å². The van der Waals surface area contributed by atoms with Crippen molar-refractivity contribution in [2.24, 2.45) is 4.99 Å². The van der Waals surface area contributed by atoms with Gasteiger partial charge in [-0.25, -0.2) is 0 Å². The van der Waals surface area contributed by atoms with E-state index < -0.39 is 5.54 Å². The number of nitrogens with one attached hydrogen (secondary N) is 2. The number of furan rings is 1. The Hall–Kier alpha value is -4.52. The molecule has 204 valence electrons. The van der Waals surface area contributed by atoms with Gasteiger partial charge in [0, 0.05) is 59.8 Å². The van der Waals surface area contributed by atoms with E-state index in [0.717, 1.165) is 63.8 Å². The van der Waals surface area contributed by atoms with E-state index in [4.69, 9.17) is 9.15 Å². The predicted molar refractivity (Wildman–Crippen MR) is 159 cm³/mol. The van der Waals surface area contributed by atoms with E-state index in [-0.39, 0.29) is 5.91 Å². The molecule has 1 spiro atoms. The molecule has 4 aromatic rings. The van der Waals surface area contributed by atoms with Gasteiger partial charge >= 0.3 is 0 Å². The van der Waals surface area contributed by atoms with Crippen LogP contribution in [0.25, 0.3) is 0 Å². The Morgan fingerprint density at radius 1 is 0.875 bits per heavy atom. The number of aliphatic imine (C=N–C) groups is 1. The highest BCUT2D eigenvalue weighted by Crippen LogP contribution is 2.58. The first-order chi connectivity index (χ1) is 19.5. The van der Waals surface area contributed by atoms with Crippen LogP contribution in [0.4, 0.5) is 11.4 Å². The van der Waals surface area contributed by atoms with Crippen LogP contribution < -0.4 is 15.4 Å². The van der Waals surface area contributed by atoms with E-state index in [2.05, 4.69) is 73.7 Å². The Kier molecular flexibility index (Phi) is 6.58. The maximum absolute atomic E-state index is 14.2. The molecule has 0 saturated heterocycles.